The maximum atomic E-state index is 0. The van der Waals surface area contributed by atoms with Crippen molar-refractivity contribution in [1.82, 2.24) is 0 Å². The molecule has 0 radical (unpaired) electrons. The van der Waals surface area contributed by atoms with Crippen molar-refractivity contribution in [2.45, 2.75) is 0 Å². The standard InChI is InChI=1S/2GeH4.3H4Si/h5*1H4. The minimum absolute atomic E-state index is 0. The van der Waals surface area contributed by atoms with E-state index in [0.717, 1.165) is 0 Å². The van der Waals surface area contributed by atoms with Crippen LogP contribution in [0, 0.1) is 0 Å². The fourth-order valence-corrected chi connectivity index (χ4v) is 0. The zero-order valence-electron chi connectivity index (χ0n) is 0. The van der Waals surface area contributed by atoms with Crippen LogP contribution < -0.4 is 0 Å². The molecule has 5 heteroatoms. The first-order valence-corrected chi connectivity index (χ1v) is 0. The first-order chi connectivity index (χ1) is 0. The summed E-state index contributed by atoms with van der Waals surface area (Å²) in [6, 6.07) is 0. The molecule has 0 aromatic heterocycles. The molecule has 0 fully saturated rings. The Balaban J connectivity index is 0. The molecule has 0 N–H and O–H groups in total. The number of hydrogen-bond donors (Lipinski definition) is 0. The molecule has 0 amide bonds. The van der Waals surface area contributed by atoms with Crippen molar-refractivity contribution in [1.29, 1.82) is 0 Å². The van der Waals surface area contributed by atoms with Crippen molar-refractivity contribution in [3.8, 4) is 0 Å². The summed E-state index contributed by atoms with van der Waals surface area (Å²) in [6.07, 6.45) is 0. The molecule has 0 spiro atoms. The second-order valence-electron chi connectivity index (χ2n) is 0. The molecule has 0 aliphatic heterocycles. The van der Waals surface area contributed by atoms with Gasteiger partial charge in [-0.1, -0.05) is 0 Å². The molecule has 0 unspecified atom stereocenters. The molecule has 0 aliphatic rings. The molecule has 0 aliphatic carbocycles. The smallest absolute Gasteiger partial charge is 0.0149 e. The molecule has 5 heavy (non-hydrogen) atoms. The molecule has 0 aromatic rings. The van der Waals surface area contributed by atoms with Crippen LogP contribution in [0.5, 0.6) is 0 Å². The van der Waals surface area contributed by atoms with E-state index in [4.69, 9.17) is 0 Å². The Morgan fingerprint density at radius 2 is 0.400 bits per heavy atom. The molecule has 0 rings (SSSR count). The number of hydrogen-bond acceptors (Lipinski definition) is 0. The van der Waals surface area contributed by atoms with Crippen molar-refractivity contribution >= 4 is 68.1 Å². The molecule has 0 aromatic carbocycles. The average molecular weight is 250 g/mol. The fourth-order valence-electron chi connectivity index (χ4n) is 0. The van der Waals surface area contributed by atoms with E-state index in [1.54, 1.807) is 0 Å². The Hall–Kier alpha value is 1.74. The van der Waals surface area contributed by atoms with E-state index in [1.807, 2.05) is 0 Å². The van der Waals surface area contributed by atoms with E-state index in [1.165, 1.54) is 0 Å². The third kappa shape index (κ3) is 26.6. The Kier molecular flexibility index (Phi) is 628. The monoisotopic (exact) mass is 252 g/mol. The van der Waals surface area contributed by atoms with Gasteiger partial charge < -0.3 is 0 Å². The van der Waals surface area contributed by atoms with Crippen molar-refractivity contribution in [2.24, 2.45) is 0 Å². The summed E-state index contributed by atoms with van der Waals surface area (Å²) in [5.74, 6) is 0. The summed E-state index contributed by atoms with van der Waals surface area (Å²) in [5, 5.41) is 0. The SMILES string of the molecule is [GeH4].[GeH4].[SiH4].[SiH4].[SiH4]. The maximum Gasteiger partial charge on any atom is -0.0149 e. The molecule has 0 heterocycles. The molecule has 0 atom stereocenters. The van der Waals surface area contributed by atoms with Crippen molar-refractivity contribution in [3.05, 3.63) is 0 Å². The van der Waals surface area contributed by atoms with Crippen LogP contribution >= 0.6 is 0 Å². The van der Waals surface area contributed by atoms with Crippen molar-refractivity contribution in [3.63, 3.8) is 0 Å². The van der Waals surface area contributed by atoms with Gasteiger partial charge in [-0.25, -0.2) is 0 Å². The quantitative estimate of drug-likeness (QED) is 0.375. The van der Waals surface area contributed by atoms with E-state index < -0.39 is 0 Å². The predicted molar refractivity (Wildman–Crippen MR) is 56.7 cm³/mol. The van der Waals surface area contributed by atoms with E-state index in [2.05, 4.69) is 0 Å². The fraction of sp³-hybridized carbons (Fsp3) is 0. The van der Waals surface area contributed by atoms with Gasteiger partial charge in [-0.2, -0.15) is 0 Å². The van der Waals surface area contributed by atoms with Gasteiger partial charge in [-0.3, -0.25) is 0 Å². The minimum Gasteiger partial charge on any atom is -0.0149 e. The largest absolute Gasteiger partial charge is 0.0149 e. The molecule has 40 valence electrons. The second-order valence-corrected chi connectivity index (χ2v) is 0. The van der Waals surface area contributed by atoms with Gasteiger partial charge in [0, 0.05) is 0 Å². The summed E-state index contributed by atoms with van der Waals surface area (Å²) in [6.45, 7) is 0. The molecule has 0 bridgehead atoms. The van der Waals surface area contributed by atoms with Crippen LogP contribution in [0.1, 0.15) is 0 Å². The molecule has 0 saturated heterocycles. The first kappa shape index (κ1) is 73.5. The van der Waals surface area contributed by atoms with Gasteiger partial charge in [0.05, 0.1) is 0 Å². The number of rotatable bonds is 0. The van der Waals surface area contributed by atoms with Gasteiger partial charge in [0.25, 0.3) is 0 Å². The topological polar surface area (TPSA) is 0 Å². The Morgan fingerprint density at radius 3 is 0.400 bits per heavy atom. The van der Waals surface area contributed by atoms with Crippen LogP contribution in [0.2, 0.25) is 0 Å². The van der Waals surface area contributed by atoms with Crippen LogP contribution in [0.4, 0.5) is 0 Å². The first-order valence-electron chi connectivity index (χ1n) is 0. The van der Waals surface area contributed by atoms with Gasteiger partial charge in [0.2, 0.25) is 0 Å². The zero-order chi connectivity index (χ0) is 0. The van der Waals surface area contributed by atoms with Gasteiger partial charge in [0.1, 0.15) is 0 Å². The summed E-state index contributed by atoms with van der Waals surface area (Å²) in [7, 11) is 0. The van der Waals surface area contributed by atoms with E-state index >= 15 is 0 Å². The van der Waals surface area contributed by atoms with Gasteiger partial charge >= 0.3 is 35.2 Å². The van der Waals surface area contributed by atoms with Gasteiger partial charge in [-0.05, 0) is 32.9 Å². The molecule has 0 saturated carbocycles. The predicted octanol–water partition coefficient (Wildman–Crippen LogP) is -7.26. The van der Waals surface area contributed by atoms with Crippen LogP contribution in [0.15, 0.2) is 0 Å². The summed E-state index contributed by atoms with van der Waals surface area (Å²) in [5.41, 5.74) is 0. The van der Waals surface area contributed by atoms with Crippen LogP contribution in [-0.4, -0.2) is 68.1 Å². The van der Waals surface area contributed by atoms with Crippen LogP contribution in [-0.2, 0) is 0 Å². The Morgan fingerprint density at radius 1 is 0.400 bits per heavy atom. The van der Waals surface area contributed by atoms with Crippen molar-refractivity contribution in [2.75, 3.05) is 0 Å². The van der Waals surface area contributed by atoms with E-state index in [0.29, 0.717) is 0 Å². The molecular weight excluding hydrogens is 229 g/mol. The molecular formula is H20Ge2Si3. The minimum atomic E-state index is 0. The third-order valence-electron chi connectivity index (χ3n) is 0. The summed E-state index contributed by atoms with van der Waals surface area (Å²) >= 11 is 0. The average Bonchev–Trinajstić information content (AvgIpc) is 0. The maximum absolute atomic E-state index is 0. The van der Waals surface area contributed by atoms with Crippen LogP contribution in [0.3, 0.4) is 0 Å². The van der Waals surface area contributed by atoms with Gasteiger partial charge in [-0.15, -0.1) is 0 Å². The third-order valence-corrected chi connectivity index (χ3v) is 0. The van der Waals surface area contributed by atoms with Crippen molar-refractivity contribution < 1.29 is 0 Å². The van der Waals surface area contributed by atoms with Crippen LogP contribution in [0.25, 0.3) is 0 Å². The van der Waals surface area contributed by atoms with E-state index in [9.17, 15) is 0 Å². The summed E-state index contributed by atoms with van der Waals surface area (Å²) in [4.78, 5) is 0. The molecule has 0 nitrogen and oxygen atoms in total. The van der Waals surface area contributed by atoms with E-state index in [-0.39, 0.29) is 68.1 Å². The zero-order valence-corrected chi connectivity index (χ0v) is 0. The second kappa shape index (κ2) is 42.7. The Labute approximate surface area is 67.9 Å². The normalized spacial score (nSPS) is 0. The summed E-state index contributed by atoms with van der Waals surface area (Å²) < 4.78 is 0. The Bertz CT molecular complexity index is 4.85. The van der Waals surface area contributed by atoms with Gasteiger partial charge in [0.15, 0.2) is 0 Å².